The molecule has 0 saturated carbocycles. The third-order valence-corrected chi connectivity index (χ3v) is 4.76. The van der Waals surface area contributed by atoms with Crippen LogP contribution in [0.1, 0.15) is 37.8 Å². The maximum absolute atomic E-state index is 13.1. The van der Waals surface area contributed by atoms with Gasteiger partial charge in [-0.05, 0) is 43.5 Å². The van der Waals surface area contributed by atoms with Crippen LogP contribution in [0.25, 0.3) is 0 Å². The van der Waals surface area contributed by atoms with E-state index in [4.69, 9.17) is 16.3 Å². The second-order valence-electron chi connectivity index (χ2n) is 6.97. The molecule has 0 saturated heterocycles. The number of hydrogen-bond donors (Lipinski definition) is 1. The summed E-state index contributed by atoms with van der Waals surface area (Å²) in [6.07, 6.45) is 1.36. The molecule has 0 bridgehead atoms. The summed E-state index contributed by atoms with van der Waals surface area (Å²) in [6.45, 7) is 6.67. The SMILES string of the molecule is CCCNC(=O)[C@H](CC)N(Cc1cccc(C)c1)C(=O)COc1cccc(Cl)c1. The van der Waals surface area contributed by atoms with Crippen molar-refractivity contribution in [1.82, 2.24) is 10.2 Å². The van der Waals surface area contributed by atoms with Gasteiger partial charge in [0.05, 0.1) is 0 Å². The maximum atomic E-state index is 13.1. The molecule has 1 atom stereocenters. The molecular formula is C23H29ClN2O3. The van der Waals surface area contributed by atoms with Gasteiger partial charge in [0.1, 0.15) is 11.8 Å². The van der Waals surface area contributed by atoms with Gasteiger partial charge in [0.2, 0.25) is 5.91 Å². The summed E-state index contributed by atoms with van der Waals surface area (Å²) in [6, 6.07) is 14.3. The number of carbonyl (C=O) groups excluding carboxylic acids is 2. The van der Waals surface area contributed by atoms with E-state index >= 15 is 0 Å². The summed E-state index contributed by atoms with van der Waals surface area (Å²) in [4.78, 5) is 27.4. The molecule has 0 aliphatic rings. The molecular weight excluding hydrogens is 388 g/mol. The van der Waals surface area contributed by atoms with Crippen molar-refractivity contribution in [3.63, 3.8) is 0 Å². The van der Waals surface area contributed by atoms with Crippen LogP contribution >= 0.6 is 11.6 Å². The lowest BCUT2D eigenvalue weighted by molar-refractivity contribution is -0.143. The number of halogens is 1. The van der Waals surface area contributed by atoms with Gasteiger partial charge in [0.25, 0.3) is 5.91 Å². The van der Waals surface area contributed by atoms with E-state index < -0.39 is 6.04 Å². The van der Waals surface area contributed by atoms with Crippen molar-refractivity contribution in [2.45, 2.75) is 46.2 Å². The van der Waals surface area contributed by atoms with Crippen LogP contribution in [0.5, 0.6) is 5.75 Å². The average Bonchev–Trinajstić information content (AvgIpc) is 2.70. The molecule has 0 spiro atoms. The van der Waals surface area contributed by atoms with Crippen molar-refractivity contribution in [3.05, 3.63) is 64.7 Å². The van der Waals surface area contributed by atoms with Crippen molar-refractivity contribution >= 4 is 23.4 Å². The van der Waals surface area contributed by atoms with Gasteiger partial charge < -0.3 is 15.0 Å². The zero-order valence-corrected chi connectivity index (χ0v) is 18.0. The quantitative estimate of drug-likeness (QED) is 0.626. The Hall–Kier alpha value is -2.53. The van der Waals surface area contributed by atoms with Gasteiger partial charge in [-0.3, -0.25) is 9.59 Å². The number of nitrogens with one attached hydrogen (secondary N) is 1. The summed E-state index contributed by atoms with van der Waals surface area (Å²) in [7, 11) is 0. The molecule has 29 heavy (non-hydrogen) atoms. The first-order valence-electron chi connectivity index (χ1n) is 9.95. The van der Waals surface area contributed by atoms with Gasteiger partial charge in [-0.1, -0.05) is 61.3 Å². The van der Waals surface area contributed by atoms with E-state index in [0.717, 1.165) is 17.5 Å². The molecule has 2 aromatic rings. The smallest absolute Gasteiger partial charge is 0.261 e. The van der Waals surface area contributed by atoms with E-state index in [9.17, 15) is 9.59 Å². The number of ether oxygens (including phenoxy) is 1. The van der Waals surface area contributed by atoms with E-state index in [2.05, 4.69) is 5.32 Å². The number of amides is 2. The second kappa shape index (κ2) is 11.5. The van der Waals surface area contributed by atoms with Gasteiger partial charge in [0.15, 0.2) is 6.61 Å². The molecule has 2 aromatic carbocycles. The summed E-state index contributed by atoms with van der Waals surface area (Å²) < 4.78 is 5.64. The van der Waals surface area contributed by atoms with Crippen LogP contribution < -0.4 is 10.1 Å². The number of rotatable bonds is 10. The van der Waals surface area contributed by atoms with Crippen molar-refractivity contribution < 1.29 is 14.3 Å². The third kappa shape index (κ3) is 7.09. The minimum atomic E-state index is -0.558. The van der Waals surface area contributed by atoms with Crippen LogP contribution in [0, 0.1) is 6.92 Å². The first-order valence-corrected chi connectivity index (χ1v) is 10.3. The van der Waals surface area contributed by atoms with E-state index in [1.54, 1.807) is 29.2 Å². The van der Waals surface area contributed by atoms with E-state index in [-0.39, 0.29) is 18.4 Å². The lowest BCUT2D eigenvalue weighted by Gasteiger charge is -2.30. The Labute approximate surface area is 178 Å². The normalized spacial score (nSPS) is 11.6. The summed E-state index contributed by atoms with van der Waals surface area (Å²) in [5.74, 6) is 0.132. The molecule has 156 valence electrons. The van der Waals surface area contributed by atoms with Crippen LogP contribution in [0.2, 0.25) is 5.02 Å². The fourth-order valence-corrected chi connectivity index (χ4v) is 3.26. The lowest BCUT2D eigenvalue weighted by Crippen LogP contribution is -2.50. The number of hydrogen-bond acceptors (Lipinski definition) is 3. The van der Waals surface area contributed by atoms with Crippen molar-refractivity contribution in [1.29, 1.82) is 0 Å². The highest BCUT2D eigenvalue weighted by molar-refractivity contribution is 6.30. The van der Waals surface area contributed by atoms with Gasteiger partial charge in [-0.25, -0.2) is 0 Å². The van der Waals surface area contributed by atoms with Crippen LogP contribution in [-0.4, -0.2) is 35.9 Å². The summed E-state index contributed by atoms with van der Waals surface area (Å²) in [5, 5.41) is 3.44. The molecule has 0 unspecified atom stereocenters. The highest BCUT2D eigenvalue weighted by atomic mass is 35.5. The second-order valence-corrected chi connectivity index (χ2v) is 7.41. The molecule has 2 rings (SSSR count). The Bertz CT molecular complexity index is 825. The Morgan fingerprint density at radius 2 is 1.90 bits per heavy atom. The molecule has 1 N–H and O–H groups in total. The minimum Gasteiger partial charge on any atom is -0.484 e. The molecule has 0 heterocycles. The molecule has 0 radical (unpaired) electrons. The predicted molar refractivity (Wildman–Crippen MR) is 116 cm³/mol. The van der Waals surface area contributed by atoms with Crippen LogP contribution in [0.15, 0.2) is 48.5 Å². The van der Waals surface area contributed by atoms with Crippen molar-refractivity contribution in [2.24, 2.45) is 0 Å². The fraction of sp³-hybridized carbons (Fsp3) is 0.391. The standard InChI is InChI=1S/C23H29ClN2O3/c1-4-12-25-23(28)21(5-2)26(15-18-9-6-8-17(3)13-18)22(27)16-29-20-11-7-10-19(24)14-20/h6-11,13-14,21H,4-5,12,15-16H2,1-3H3,(H,25,28)/t21-/m0/s1. The monoisotopic (exact) mass is 416 g/mol. The van der Waals surface area contributed by atoms with Crippen LogP contribution in [-0.2, 0) is 16.1 Å². The highest BCUT2D eigenvalue weighted by Crippen LogP contribution is 2.18. The molecule has 6 heteroatoms. The van der Waals surface area contributed by atoms with E-state index in [0.29, 0.717) is 30.3 Å². The number of nitrogens with zero attached hydrogens (tertiary/aromatic N) is 1. The zero-order chi connectivity index (χ0) is 21.2. The van der Waals surface area contributed by atoms with Crippen molar-refractivity contribution in [3.8, 4) is 5.75 Å². The maximum Gasteiger partial charge on any atom is 0.261 e. The Morgan fingerprint density at radius 3 is 2.55 bits per heavy atom. The summed E-state index contributed by atoms with van der Waals surface area (Å²) in [5.41, 5.74) is 2.08. The van der Waals surface area contributed by atoms with Gasteiger partial charge in [-0.2, -0.15) is 0 Å². The number of aryl methyl sites for hydroxylation is 1. The Kier molecular flexibility index (Phi) is 9.00. The van der Waals surface area contributed by atoms with Gasteiger partial charge in [0, 0.05) is 18.1 Å². The lowest BCUT2D eigenvalue weighted by atomic mass is 10.1. The first-order chi connectivity index (χ1) is 13.9. The molecule has 2 amide bonds. The average molecular weight is 417 g/mol. The topological polar surface area (TPSA) is 58.6 Å². The van der Waals surface area contributed by atoms with Gasteiger partial charge >= 0.3 is 0 Å². The van der Waals surface area contributed by atoms with Gasteiger partial charge in [-0.15, -0.1) is 0 Å². The highest BCUT2D eigenvalue weighted by Gasteiger charge is 2.28. The minimum absolute atomic E-state index is 0.141. The molecule has 0 aliphatic heterocycles. The first kappa shape index (κ1) is 22.8. The fourth-order valence-electron chi connectivity index (χ4n) is 3.08. The predicted octanol–water partition coefficient (Wildman–Crippen LogP) is 4.36. The Morgan fingerprint density at radius 1 is 1.14 bits per heavy atom. The van der Waals surface area contributed by atoms with Crippen LogP contribution in [0.4, 0.5) is 0 Å². The molecule has 0 aromatic heterocycles. The van der Waals surface area contributed by atoms with Crippen LogP contribution in [0.3, 0.4) is 0 Å². The molecule has 5 nitrogen and oxygen atoms in total. The molecule has 0 aliphatic carbocycles. The van der Waals surface area contributed by atoms with E-state index in [1.807, 2.05) is 45.0 Å². The third-order valence-electron chi connectivity index (χ3n) is 4.53. The number of benzene rings is 2. The molecule has 0 fully saturated rings. The Balaban J connectivity index is 2.19. The largest absolute Gasteiger partial charge is 0.484 e. The van der Waals surface area contributed by atoms with Crippen molar-refractivity contribution in [2.75, 3.05) is 13.2 Å². The summed E-state index contributed by atoms with van der Waals surface area (Å²) >= 11 is 5.98. The van der Waals surface area contributed by atoms with E-state index in [1.165, 1.54) is 0 Å². The zero-order valence-electron chi connectivity index (χ0n) is 17.3. The number of carbonyl (C=O) groups is 2.